The van der Waals surface area contributed by atoms with Gasteiger partial charge >= 0.3 is 11.6 Å². The molecule has 1 heterocycles. The van der Waals surface area contributed by atoms with Crippen LogP contribution in [0.1, 0.15) is 5.56 Å². The van der Waals surface area contributed by atoms with E-state index in [-0.39, 0.29) is 13.2 Å². The van der Waals surface area contributed by atoms with Crippen molar-refractivity contribution < 1.29 is 23.4 Å². The smallest absolute Gasteiger partial charge is 0.344 e. The SMILES string of the molecule is COc1ccc2c(COC(=O)COc3ccc4ccccc4c3)cc(=O)oc2c1. The standard InChI is InChI=1S/C23H18O6/c1-26-18-8-9-20-17(11-22(24)29-21(20)12-18)13-28-23(25)14-27-19-7-6-15-4-2-3-5-16(15)10-19/h2-12H,13-14H2,1H3. The highest BCUT2D eigenvalue weighted by Gasteiger charge is 2.11. The largest absolute Gasteiger partial charge is 0.497 e. The summed E-state index contributed by atoms with van der Waals surface area (Å²) in [6, 6.07) is 19.9. The highest BCUT2D eigenvalue weighted by atomic mass is 16.6. The van der Waals surface area contributed by atoms with Gasteiger partial charge in [-0.1, -0.05) is 30.3 Å². The number of hydrogen-bond donors (Lipinski definition) is 0. The van der Waals surface area contributed by atoms with E-state index in [0.29, 0.717) is 28.0 Å². The summed E-state index contributed by atoms with van der Waals surface area (Å²) in [7, 11) is 1.53. The first-order valence-electron chi connectivity index (χ1n) is 9.00. The number of ether oxygens (including phenoxy) is 3. The van der Waals surface area contributed by atoms with E-state index in [1.165, 1.54) is 13.2 Å². The molecule has 0 spiro atoms. The minimum Gasteiger partial charge on any atom is -0.497 e. The Morgan fingerprint density at radius 3 is 2.55 bits per heavy atom. The molecule has 4 rings (SSSR count). The van der Waals surface area contributed by atoms with Crippen molar-refractivity contribution in [2.24, 2.45) is 0 Å². The van der Waals surface area contributed by atoms with Crippen LogP contribution in [0.25, 0.3) is 21.7 Å². The van der Waals surface area contributed by atoms with Gasteiger partial charge in [-0.25, -0.2) is 9.59 Å². The van der Waals surface area contributed by atoms with Crippen LogP contribution >= 0.6 is 0 Å². The Morgan fingerprint density at radius 2 is 1.72 bits per heavy atom. The Hall–Kier alpha value is -3.80. The second-order valence-electron chi connectivity index (χ2n) is 6.41. The lowest BCUT2D eigenvalue weighted by atomic mass is 10.1. The lowest BCUT2D eigenvalue weighted by molar-refractivity contribution is -0.147. The summed E-state index contributed by atoms with van der Waals surface area (Å²) in [6.07, 6.45) is 0. The summed E-state index contributed by atoms with van der Waals surface area (Å²) in [6.45, 7) is -0.292. The second kappa shape index (κ2) is 8.06. The molecule has 6 heteroatoms. The van der Waals surface area contributed by atoms with E-state index in [9.17, 15) is 9.59 Å². The van der Waals surface area contributed by atoms with E-state index in [4.69, 9.17) is 18.6 Å². The van der Waals surface area contributed by atoms with Crippen LogP contribution in [0.4, 0.5) is 0 Å². The predicted molar refractivity (Wildman–Crippen MR) is 108 cm³/mol. The molecule has 0 unspecified atom stereocenters. The van der Waals surface area contributed by atoms with Gasteiger partial charge in [0, 0.05) is 23.1 Å². The molecule has 0 fully saturated rings. The highest BCUT2D eigenvalue weighted by molar-refractivity contribution is 5.84. The summed E-state index contributed by atoms with van der Waals surface area (Å²) in [5.74, 6) is 0.616. The van der Waals surface area contributed by atoms with Crippen molar-refractivity contribution in [2.45, 2.75) is 6.61 Å². The molecule has 0 saturated heterocycles. The molecule has 146 valence electrons. The van der Waals surface area contributed by atoms with Gasteiger partial charge in [-0.05, 0) is 35.0 Å². The molecule has 0 bridgehead atoms. The Morgan fingerprint density at radius 1 is 0.931 bits per heavy atom. The van der Waals surface area contributed by atoms with Crippen LogP contribution in [0.3, 0.4) is 0 Å². The normalized spacial score (nSPS) is 10.8. The molecule has 0 amide bonds. The summed E-state index contributed by atoms with van der Waals surface area (Å²) in [5.41, 5.74) is 0.400. The minimum absolute atomic E-state index is 0.0612. The van der Waals surface area contributed by atoms with Gasteiger partial charge in [0.2, 0.25) is 0 Å². The maximum atomic E-state index is 12.1. The topological polar surface area (TPSA) is 75.0 Å². The minimum atomic E-state index is -0.534. The van der Waals surface area contributed by atoms with Gasteiger partial charge in [0.1, 0.15) is 23.7 Å². The van der Waals surface area contributed by atoms with Crippen LogP contribution in [0, 0.1) is 0 Å². The number of benzene rings is 3. The van der Waals surface area contributed by atoms with Crippen molar-refractivity contribution in [2.75, 3.05) is 13.7 Å². The molecule has 0 aliphatic rings. The Labute approximate surface area is 166 Å². The Kier molecular flexibility index (Phi) is 5.16. The Bertz CT molecular complexity index is 1240. The number of esters is 1. The second-order valence-corrected chi connectivity index (χ2v) is 6.41. The van der Waals surface area contributed by atoms with Gasteiger partial charge in [-0.2, -0.15) is 0 Å². The van der Waals surface area contributed by atoms with E-state index in [1.807, 2.05) is 36.4 Å². The molecular formula is C23H18O6. The van der Waals surface area contributed by atoms with Crippen molar-refractivity contribution in [3.63, 3.8) is 0 Å². The Balaban J connectivity index is 1.42. The molecule has 3 aromatic carbocycles. The molecule has 0 aliphatic heterocycles. The fourth-order valence-corrected chi connectivity index (χ4v) is 3.06. The fourth-order valence-electron chi connectivity index (χ4n) is 3.06. The van der Waals surface area contributed by atoms with Crippen LogP contribution in [0.15, 0.2) is 75.9 Å². The molecule has 0 aliphatic carbocycles. The van der Waals surface area contributed by atoms with Crippen LogP contribution in [-0.4, -0.2) is 19.7 Å². The van der Waals surface area contributed by atoms with Crippen LogP contribution in [0.5, 0.6) is 11.5 Å². The van der Waals surface area contributed by atoms with Crippen molar-refractivity contribution >= 4 is 27.7 Å². The van der Waals surface area contributed by atoms with Crippen LogP contribution in [0.2, 0.25) is 0 Å². The van der Waals surface area contributed by atoms with Crippen LogP contribution in [-0.2, 0) is 16.1 Å². The summed E-state index contributed by atoms with van der Waals surface area (Å²) in [5, 5.41) is 2.79. The monoisotopic (exact) mass is 390 g/mol. The quantitative estimate of drug-likeness (QED) is 0.365. The molecular weight excluding hydrogens is 372 g/mol. The van der Waals surface area contributed by atoms with Gasteiger partial charge < -0.3 is 18.6 Å². The van der Waals surface area contributed by atoms with Gasteiger partial charge in [0.15, 0.2) is 6.61 Å². The van der Waals surface area contributed by atoms with Gasteiger partial charge in [-0.3, -0.25) is 0 Å². The van der Waals surface area contributed by atoms with E-state index in [1.54, 1.807) is 24.3 Å². The van der Waals surface area contributed by atoms with Gasteiger partial charge in [0.25, 0.3) is 0 Å². The zero-order chi connectivity index (χ0) is 20.2. The van der Waals surface area contributed by atoms with Crippen LogP contribution < -0.4 is 15.1 Å². The first kappa shape index (κ1) is 18.6. The van der Waals surface area contributed by atoms with Crippen molar-refractivity contribution in [3.8, 4) is 11.5 Å². The first-order chi connectivity index (χ1) is 14.1. The van der Waals surface area contributed by atoms with Gasteiger partial charge in [-0.15, -0.1) is 0 Å². The van der Waals surface area contributed by atoms with Crippen molar-refractivity contribution in [3.05, 3.63) is 82.7 Å². The number of hydrogen-bond acceptors (Lipinski definition) is 6. The van der Waals surface area contributed by atoms with E-state index in [2.05, 4.69) is 0 Å². The van der Waals surface area contributed by atoms with Gasteiger partial charge in [0.05, 0.1) is 7.11 Å². The van der Waals surface area contributed by atoms with Crippen molar-refractivity contribution in [1.29, 1.82) is 0 Å². The molecule has 29 heavy (non-hydrogen) atoms. The lowest BCUT2D eigenvalue weighted by Crippen LogP contribution is -2.15. The third-order valence-corrected chi connectivity index (χ3v) is 4.50. The summed E-state index contributed by atoms with van der Waals surface area (Å²) >= 11 is 0. The summed E-state index contributed by atoms with van der Waals surface area (Å²) < 4.78 is 21.1. The van der Waals surface area contributed by atoms with E-state index < -0.39 is 11.6 Å². The molecule has 1 aromatic heterocycles. The maximum Gasteiger partial charge on any atom is 0.344 e. The number of carbonyl (C=O) groups is 1. The molecule has 0 saturated carbocycles. The van der Waals surface area contributed by atoms with E-state index in [0.717, 1.165) is 10.8 Å². The fraction of sp³-hybridized carbons (Fsp3) is 0.130. The predicted octanol–water partition coefficient (Wildman–Crippen LogP) is 4.08. The number of rotatable bonds is 6. The molecule has 0 N–H and O–H groups in total. The lowest BCUT2D eigenvalue weighted by Gasteiger charge is -2.09. The number of methoxy groups -OCH3 is 1. The zero-order valence-electron chi connectivity index (χ0n) is 15.7. The zero-order valence-corrected chi connectivity index (χ0v) is 15.7. The molecule has 0 radical (unpaired) electrons. The molecule has 4 aromatic rings. The third kappa shape index (κ3) is 4.21. The third-order valence-electron chi connectivity index (χ3n) is 4.50. The average molecular weight is 390 g/mol. The first-order valence-corrected chi connectivity index (χ1v) is 9.00. The summed E-state index contributed by atoms with van der Waals surface area (Å²) in [4.78, 5) is 23.9. The average Bonchev–Trinajstić information content (AvgIpc) is 2.75. The molecule has 0 atom stereocenters. The number of fused-ring (bicyclic) bond motifs is 2. The molecule has 6 nitrogen and oxygen atoms in total. The highest BCUT2D eigenvalue weighted by Crippen LogP contribution is 2.23. The maximum absolute atomic E-state index is 12.1. The van der Waals surface area contributed by atoms with Crippen molar-refractivity contribution in [1.82, 2.24) is 0 Å². The number of carbonyl (C=O) groups excluding carboxylic acids is 1. The van der Waals surface area contributed by atoms with E-state index >= 15 is 0 Å².